The number of fused-ring (bicyclic) bond motifs is 1. The fourth-order valence-electron chi connectivity index (χ4n) is 4.30. The molecule has 0 bridgehead atoms. The van der Waals surface area contributed by atoms with Crippen molar-refractivity contribution in [3.63, 3.8) is 0 Å². The number of hydrogen-bond donors (Lipinski definition) is 1. The van der Waals surface area contributed by atoms with E-state index in [4.69, 9.17) is 9.47 Å². The normalized spacial score (nSPS) is 17.1. The molecule has 1 N–H and O–H groups in total. The Morgan fingerprint density at radius 1 is 1.03 bits per heavy atom. The number of aliphatic hydroxyl groups excluding tert-OH is 1. The van der Waals surface area contributed by atoms with Crippen molar-refractivity contribution in [3.05, 3.63) is 88.9 Å². The van der Waals surface area contributed by atoms with Crippen molar-refractivity contribution in [2.24, 2.45) is 0 Å². The van der Waals surface area contributed by atoms with Crippen molar-refractivity contribution >= 4 is 44.7 Å². The molecule has 0 saturated carbocycles. The highest BCUT2D eigenvalue weighted by atomic mass is 32.1. The minimum Gasteiger partial charge on any atom is -0.507 e. The van der Waals surface area contributed by atoms with Crippen LogP contribution in [0.15, 0.2) is 77.8 Å². The second-order valence-corrected chi connectivity index (χ2v) is 9.20. The molecule has 5 rings (SSSR count). The lowest BCUT2D eigenvalue weighted by molar-refractivity contribution is -0.132. The van der Waals surface area contributed by atoms with Gasteiger partial charge in [0.05, 0.1) is 25.3 Å². The van der Waals surface area contributed by atoms with Gasteiger partial charge >= 0.3 is 5.91 Å². The number of methoxy groups -OCH3 is 1. The van der Waals surface area contributed by atoms with E-state index in [2.05, 4.69) is 4.98 Å². The van der Waals surface area contributed by atoms with Crippen molar-refractivity contribution in [2.75, 3.05) is 18.6 Å². The summed E-state index contributed by atoms with van der Waals surface area (Å²) in [5, 5.41) is 15.3. The zero-order valence-corrected chi connectivity index (χ0v) is 20.6. The van der Waals surface area contributed by atoms with Gasteiger partial charge in [-0.1, -0.05) is 37.3 Å². The minimum absolute atomic E-state index is 0.0188. The van der Waals surface area contributed by atoms with E-state index in [0.717, 1.165) is 22.9 Å². The number of ketones is 1. The summed E-state index contributed by atoms with van der Waals surface area (Å²) in [5.41, 5.74) is 1.13. The van der Waals surface area contributed by atoms with E-state index in [-0.39, 0.29) is 11.3 Å². The molecule has 0 radical (unpaired) electrons. The third-order valence-electron chi connectivity index (χ3n) is 6.06. The van der Waals surface area contributed by atoms with Gasteiger partial charge in [0.15, 0.2) is 5.13 Å². The molecule has 3 aromatic carbocycles. The van der Waals surface area contributed by atoms with Crippen LogP contribution in [0.5, 0.6) is 11.5 Å². The van der Waals surface area contributed by atoms with Crippen molar-refractivity contribution in [3.8, 4) is 11.5 Å². The summed E-state index contributed by atoms with van der Waals surface area (Å²) in [6, 6.07) is 17.4. The number of carbonyl (C=O) groups excluding carboxylic acids is 2. The van der Waals surface area contributed by atoms with Gasteiger partial charge in [-0.2, -0.15) is 0 Å². The van der Waals surface area contributed by atoms with E-state index in [9.17, 15) is 14.7 Å². The highest BCUT2D eigenvalue weighted by Gasteiger charge is 2.48. The van der Waals surface area contributed by atoms with E-state index >= 15 is 0 Å². The second-order valence-electron chi connectivity index (χ2n) is 8.33. The predicted octanol–water partition coefficient (Wildman–Crippen LogP) is 5.72. The Morgan fingerprint density at radius 2 is 1.75 bits per heavy atom. The molecule has 1 saturated heterocycles. The number of benzene rings is 3. The topological polar surface area (TPSA) is 89.0 Å². The molecule has 1 aliphatic rings. The van der Waals surface area contributed by atoms with Crippen molar-refractivity contribution in [1.29, 1.82) is 0 Å². The quantitative estimate of drug-likeness (QED) is 0.198. The van der Waals surface area contributed by atoms with Gasteiger partial charge in [-0.15, -0.1) is 11.3 Å². The van der Waals surface area contributed by atoms with Gasteiger partial charge in [-0.25, -0.2) is 4.98 Å². The zero-order valence-electron chi connectivity index (χ0n) is 19.8. The fraction of sp³-hybridized carbons (Fsp3) is 0.179. The molecule has 0 aliphatic carbocycles. The van der Waals surface area contributed by atoms with E-state index in [1.54, 1.807) is 43.0 Å². The predicted molar refractivity (Wildman–Crippen MR) is 140 cm³/mol. The molecule has 1 aliphatic heterocycles. The molecular weight excluding hydrogens is 476 g/mol. The van der Waals surface area contributed by atoms with Crippen LogP contribution < -0.4 is 14.4 Å². The molecule has 2 heterocycles. The SMILES string of the molecule is CCCOc1ccc(C2/C(=C(\O)c3ccc4cc(OC)ccc4c3)C(=O)C(=O)N2c2nccs2)cc1. The number of ether oxygens (including phenoxy) is 2. The first-order valence-electron chi connectivity index (χ1n) is 11.5. The van der Waals surface area contributed by atoms with Crippen molar-refractivity contribution in [1.82, 2.24) is 4.98 Å². The van der Waals surface area contributed by atoms with Gasteiger partial charge in [-0.05, 0) is 53.1 Å². The lowest BCUT2D eigenvalue weighted by Gasteiger charge is -2.23. The largest absolute Gasteiger partial charge is 0.507 e. The maximum absolute atomic E-state index is 13.3. The highest BCUT2D eigenvalue weighted by Crippen LogP contribution is 2.43. The third-order valence-corrected chi connectivity index (χ3v) is 6.83. The lowest BCUT2D eigenvalue weighted by Crippen LogP contribution is -2.29. The molecular formula is C28H24N2O5S. The molecule has 0 spiro atoms. The van der Waals surface area contributed by atoms with Crippen LogP contribution in [-0.4, -0.2) is 35.5 Å². The Morgan fingerprint density at radius 3 is 2.44 bits per heavy atom. The zero-order chi connectivity index (χ0) is 25.2. The highest BCUT2D eigenvalue weighted by molar-refractivity contribution is 7.14. The molecule has 1 unspecified atom stereocenters. The molecule has 7 nitrogen and oxygen atoms in total. The van der Waals surface area contributed by atoms with Crippen LogP contribution in [-0.2, 0) is 9.59 Å². The summed E-state index contributed by atoms with van der Waals surface area (Å²) < 4.78 is 11.0. The number of aliphatic hydroxyl groups is 1. The van der Waals surface area contributed by atoms with Crippen LogP contribution in [0.3, 0.4) is 0 Å². The van der Waals surface area contributed by atoms with E-state index in [1.165, 1.54) is 16.2 Å². The number of aromatic nitrogens is 1. The van der Waals surface area contributed by atoms with E-state index in [0.29, 0.717) is 28.6 Å². The number of Topliss-reactive ketones (excluding diaryl/α,β-unsaturated/α-hetero) is 1. The molecule has 182 valence electrons. The number of anilines is 1. The Hall–Kier alpha value is -4.17. The van der Waals surface area contributed by atoms with Gasteiger partial charge in [0.2, 0.25) is 0 Å². The van der Waals surface area contributed by atoms with Crippen LogP contribution >= 0.6 is 11.3 Å². The van der Waals surface area contributed by atoms with Gasteiger partial charge in [-0.3, -0.25) is 14.5 Å². The average Bonchev–Trinajstić information content (AvgIpc) is 3.53. The van der Waals surface area contributed by atoms with Gasteiger partial charge in [0.1, 0.15) is 17.3 Å². The first kappa shape index (κ1) is 23.6. The van der Waals surface area contributed by atoms with Crippen LogP contribution in [0.4, 0.5) is 5.13 Å². The number of carbonyl (C=O) groups is 2. The lowest BCUT2D eigenvalue weighted by atomic mass is 9.94. The Kier molecular flexibility index (Phi) is 6.43. The molecule has 36 heavy (non-hydrogen) atoms. The molecule has 8 heteroatoms. The minimum atomic E-state index is -0.831. The van der Waals surface area contributed by atoms with E-state index in [1.807, 2.05) is 43.3 Å². The first-order chi connectivity index (χ1) is 17.5. The maximum atomic E-state index is 13.3. The number of nitrogens with zero attached hydrogens (tertiary/aromatic N) is 2. The number of hydrogen-bond acceptors (Lipinski definition) is 7. The Bertz CT molecular complexity index is 1460. The Labute approximate surface area is 212 Å². The van der Waals surface area contributed by atoms with Gasteiger partial charge < -0.3 is 14.6 Å². The maximum Gasteiger partial charge on any atom is 0.301 e. The molecule has 4 aromatic rings. The van der Waals surface area contributed by atoms with Gasteiger partial charge in [0, 0.05) is 17.1 Å². The summed E-state index contributed by atoms with van der Waals surface area (Å²) in [4.78, 5) is 32.1. The summed E-state index contributed by atoms with van der Waals surface area (Å²) in [7, 11) is 1.60. The van der Waals surface area contributed by atoms with Crippen LogP contribution in [0.2, 0.25) is 0 Å². The molecule has 1 atom stereocenters. The standard InChI is InChI=1S/C28H24N2O5S/c1-3-13-35-21-9-6-17(7-10-21)24-23(26(32)27(33)30(24)28-29-12-14-36-28)25(31)20-5-4-19-16-22(34-2)11-8-18(19)15-20/h4-12,14-16,24,31H,3,13H2,1-2H3/b25-23+. The molecule has 1 aromatic heterocycles. The number of rotatable bonds is 7. The van der Waals surface area contributed by atoms with Gasteiger partial charge in [0.25, 0.3) is 5.78 Å². The van der Waals surface area contributed by atoms with E-state index < -0.39 is 17.7 Å². The summed E-state index contributed by atoms with van der Waals surface area (Å²) in [6.45, 7) is 2.62. The average molecular weight is 501 g/mol. The smallest absolute Gasteiger partial charge is 0.301 e. The van der Waals surface area contributed by atoms with Crippen LogP contribution in [0, 0.1) is 0 Å². The monoisotopic (exact) mass is 500 g/mol. The number of amides is 1. The third kappa shape index (κ3) is 4.20. The first-order valence-corrected chi connectivity index (χ1v) is 12.4. The fourth-order valence-corrected chi connectivity index (χ4v) is 4.97. The summed E-state index contributed by atoms with van der Waals surface area (Å²) in [6.07, 6.45) is 2.46. The molecule has 1 amide bonds. The van der Waals surface area contributed by atoms with Crippen LogP contribution in [0.1, 0.15) is 30.5 Å². The van der Waals surface area contributed by atoms with Crippen LogP contribution in [0.25, 0.3) is 16.5 Å². The summed E-state index contributed by atoms with van der Waals surface area (Å²) in [5.74, 6) is -0.305. The number of thiazole rings is 1. The second kappa shape index (κ2) is 9.83. The summed E-state index contributed by atoms with van der Waals surface area (Å²) >= 11 is 1.25. The molecule has 1 fully saturated rings. The Balaban J connectivity index is 1.63. The van der Waals surface area contributed by atoms with Crippen molar-refractivity contribution in [2.45, 2.75) is 19.4 Å². The van der Waals surface area contributed by atoms with Crippen molar-refractivity contribution < 1.29 is 24.2 Å².